The van der Waals surface area contributed by atoms with Crippen LogP contribution in [0.1, 0.15) is 70.1 Å². The first-order chi connectivity index (χ1) is 11.5. The highest BCUT2D eigenvalue weighted by Crippen LogP contribution is 2.31. The molecule has 3 nitrogen and oxygen atoms in total. The molecule has 0 bridgehead atoms. The minimum absolute atomic E-state index is 0.0914. The standard InChI is InChI=1S/C20H32N2OS/c1-5-16-12-15(11-14(3)4)13-17(6-2)19(16)22(24)20(23)21-18-9-7-8-10-18/h12-14,18,24H,5-11H2,1-4H3,(H,21,23). The Morgan fingerprint density at radius 3 is 2.21 bits per heavy atom. The third kappa shape index (κ3) is 4.69. The Morgan fingerprint density at radius 1 is 1.21 bits per heavy atom. The molecule has 0 radical (unpaired) electrons. The molecule has 1 N–H and O–H groups in total. The van der Waals surface area contributed by atoms with Crippen LogP contribution in [0.2, 0.25) is 0 Å². The van der Waals surface area contributed by atoms with Crippen molar-refractivity contribution >= 4 is 24.5 Å². The number of benzene rings is 1. The Labute approximate surface area is 152 Å². The summed E-state index contributed by atoms with van der Waals surface area (Å²) < 4.78 is 1.54. The van der Waals surface area contributed by atoms with E-state index in [1.807, 2.05) is 0 Å². The maximum atomic E-state index is 12.6. The lowest BCUT2D eigenvalue weighted by Crippen LogP contribution is -2.40. The van der Waals surface area contributed by atoms with Gasteiger partial charge < -0.3 is 5.32 Å². The van der Waals surface area contributed by atoms with Crippen LogP contribution in [0.15, 0.2) is 12.1 Å². The Morgan fingerprint density at radius 2 is 1.75 bits per heavy atom. The Bertz CT molecular complexity index is 540. The SMILES string of the molecule is CCc1cc(CC(C)C)cc(CC)c1N(S)C(=O)NC1CCCC1. The molecule has 1 aliphatic carbocycles. The summed E-state index contributed by atoms with van der Waals surface area (Å²) in [6.07, 6.45) is 7.47. The van der Waals surface area contributed by atoms with Crippen molar-refractivity contribution in [2.24, 2.45) is 5.92 Å². The molecule has 1 aliphatic rings. The van der Waals surface area contributed by atoms with E-state index in [1.165, 1.54) is 33.8 Å². The number of nitrogens with one attached hydrogen (secondary N) is 1. The van der Waals surface area contributed by atoms with Crippen LogP contribution in [0.25, 0.3) is 0 Å². The third-order valence-corrected chi connectivity index (χ3v) is 5.20. The molecule has 0 spiro atoms. The highest BCUT2D eigenvalue weighted by atomic mass is 32.1. The van der Waals surface area contributed by atoms with Crippen LogP contribution in [-0.2, 0) is 19.3 Å². The number of aryl methyl sites for hydroxylation is 2. The van der Waals surface area contributed by atoms with Gasteiger partial charge in [0, 0.05) is 6.04 Å². The fourth-order valence-electron chi connectivity index (χ4n) is 3.64. The number of amides is 2. The molecular formula is C20H32N2OS. The molecule has 2 rings (SSSR count). The van der Waals surface area contributed by atoms with Gasteiger partial charge in [-0.1, -0.05) is 65.5 Å². The summed E-state index contributed by atoms with van der Waals surface area (Å²) in [6, 6.07) is 4.72. The number of thiol groups is 1. The second kappa shape index (κ2) is 8.80. The lowest BCUT2D eigenvalue weighted by molar-refractivity contribution is 0.246. The first kappa shape index (κ1) is 19.2. The van der Waals surface area contributed by atoms with Gasteiger partial charge in [0.05, 0.1) is 5.69 Å². The van der Waals surface area contributed by atoms with Crippen molar-refractivity contribution in [3.63, 3.8) is 0 Å². The van der Waals surface area contributed by atoms with Crippen LogP contribution in [0.5, 0.6) is 0 Å². The van der Waals surface area contributed by atoms with Crippen LogP contribution in [0.3, 0.4) is 0 Å². The number of anilines is 1. The van der Waals surface area contributed by atoms with Crippen molar-refractivity contribution in [1.82, 2.24) is 5.32 Å². The molecule has 1 fully saturated rings. The minimum atomic E-state index is -0.0914. The summed E-state index contributed by atoms with van der Waals surface area (Å²) >= 11 is 4.56. The van der Waals surface area contributed by atoms with Crippen LogP contribution < -0.4 is 9.62 Å². The van der Waals surface area contributed by atoms with E-state index >= 15 is 0 Å². The monoisotopic (exact) mass is 348 g/mol. The quantitative estimate of drug-likeness (QED) is 0.671. The predicted molar refractivity (Wildman–Crippen MR) is 106 cm³/mol. The average molecular weight is 349 g/mol. The summed E-state index contributed by atoms with van der Waals surface area (Å²) in [4.78, 5) is 12.6. The maximum absolute atomic E-state index is 12.6. The van der Waals surface area contributed by atoms with Crippen LogP contribution in [-0.4, -0.2) is 12.1 Å². The molecule has 1 aromatic carbocycles. The van der Waals surface area contributed by atoms with E-state index < -0.39 is 0 Å². The number of hydrogen-bond donors (Lipinski definition) is 2. The molecule has 2 amide bonds. The number of hydrogen-bond acceptors (Lipinski definition) is 2. The molecule has 0 unspecified atom stereocenters. The second-order valence-electron chi connectivity index (χ2n) is 7.31. The van der Waals surface area contributed by atoms with Crippen molar-refractivity contribution in [3.05, 3.63) is 28.8 Å². The molecule has 0 heterocycles. The highest BCUT2D eigenvalue weighted by Gasteiger charge is 2.23. The van der Waals surface area contributed by atoms with Crippen LogP contribution >= 0.6 is 12.8 Å². The van der Waals surface area contributed by atoms with Crippen molar-refractivity contribution in [1.29, 1.82) is 0 Å². The van der Waals surface area contributed by atoms with E-state index in [1.54, 1.807) is 0 Å². The van der Waals surface area contributed by atoms with Gasteiger partial charge in [0.15, 0.2) is 0 Å². The zero-order valence-corrected chi connectivity index (χ0v) is 16.5. The summed E-state index contributed by atoms with van der Waals surface area (Å²) in [6.45, 7) is 8.78. The zero-order chi connectivity index (χ0) is 17.7. The molecule has 134 valence electrons. The topological polar surface area (TPSA) is 32.3 Å². The molecule has 24 heavy (non-hydrogen) atoms. The van der Waals surface area contributed by atoms with Crippen LogP contribution in [0, 0.1) is 5.92 Å². The third-order valence-electron chi connectivity index (χ3n) is 4.82. The first-order valence-corrected chi connectivity index (χ1v) is 9.80. The van der Waals surface area contributed by atoms with Gasteiger partial charge in [0.1, 0.15) is 0 Å². The second-order valence-corrected chi connectivity index (χ2v) is 7.71. The smallest absolute Gasteiger partial charge is 0.332 e. The molecular weight excluding hydrogens is 316 g/mol. The summed E-state index contributed by atoms with van der Waals surface area (Å²) in [5, 5.41) is 3.14. The molecule has 1 aromatic rings. The molecule has 0 atom stereocenters. The lowest BCUT2D eigenvalue weighted by atomic mass is 9.94. The first-order valence-electron chi connectivity index (χ1n) is 9.40. The maximum Gasteiger partial charge on any atom is 0.332 e. The number of urea groups is 1. The fraction of sp³-hybridized carbons (Fsp3) is 0.650. The van der Waals surface area contributed by atoms with Crippen molar-refractivity contribution < 1.29 is 4.79 Å². The van der Waals surface area contributed by atoms with Crippen LogP contribution in [0.4, 0.5) is 10.5 Å². The van der Waals surface area contributed by atoms with Gasteiger partial charge in [-0.3, -0.25) is 0 Å². The number of carbonyl (C=O) groups is 1. The minimum Gasteiger partial charge on any atom is -0.334 e. The van der Waals surface area contributed by atoms with E-state index in [2.05, 4.69) is 58.0 Å². The van der Waals surface area contributed by atoms with E-state index in [0.717, 1.165) is 37.8 Å². The summed E-state index contributed by atoms with van der Waals surface area (Å²) in [5.74, 6) is 0.628. The van der Waals surface area contributed by atoms with Gasteiger partial charge in [-0.15, -0.1) is 0 Å². The molecule has 1 saturated carbocycles. The van der Waals surface area contributed by atoms with Crippen molar-refractivity contribution in [2.45, 2.75) is 78.7 Å². The van der Waals surface area contributed by atoms with E-state index in [9.17, 15) is 4.79 Å². The lowest BCUT2D eigenvalue weighted by Gasteiger charge is -2.25. The van der Waals surface area contributed by atoms with Gasteiger partial charge in [-0.05, 0) is 54.7 Å². The van der Waals surface area contributed by atoms with E-state index in [-0.39, 0.29) is 6.03 Å². The Hall–Kier alpha value is -1.16. The van der Waals surface area contributed by atoms with Gasteiger partial charge in [-0.2, -0.15) is 0 Å². The van der Waals surface area contributed by atoms with E-state index in [4.69, 9.17) is 0 Å². The van der Waals surface area contributed by atoms with Gasteiger partial charge in [-0.25, -0.2) is 9.10 Å². The number of carbonyl (C=O) groups excluding carboxylic acids is 1. The molecule has 0 aliphatic heterocycles. The molecule has 4 heteroatoms. The highest BCUT2D eigenvalue weighted by molar-refractivity contribution is 7.82. The van der Waals surface area contributed by atoms with Crippen molar-refractivity contribution in [2.75, 3.05) is 4.31 Å². The fourth-order valence-corrected chi connectivity index (χ4v) is 3.95. The van der Waals surface area contributed by atoms with Crippen molar-refractivity contribution in [3.8, 4) is 0 Å². The summed E-state index contributed by atoms with van der Waals surface area (Å²) in [7, 11) is 0. The van der Waals surface area contributed by atoms with Gasteiger partial charge in [0.2, 0.25) is 0 Å². The molecule has 0 aromatic heterocycles. The zero-order valence-electron chi connectivity index (χ0n) is 15.6. The predicted octanol–water partition coefficient (Wildman–Crippen LogP) is 5.31. The number of rotatable bonds is 6. The largest absolute Gasteiger partial charge is 0.334 e. The van der Waals surface area contributed by atoms with Gasteiger partial charge >= 0.3 is 6.03 Å². The Balaban J connectivity index is 2.27. The Kier molecular flexibility index (Phi) is 7.02. The number of nitrogens with zero attached hydrogens (tertiary/aromatic N) is 1. The average Bonchev–Trinajstić information content (AvgIpc) is 3.05. The van der Waals surface area contributed by atoms with E-state index in [0.29, 0.717) is 12.0 Å². The normalized spacial score (nSPS) is 15.1. The van der Waals surface area contributed by atoms with Gasteiger partial charge in [0.25, 0.3) is 0 Å². The summed E-state index contributed by atoms with van der Waals surface area (Å²) in [5.41, 5.74) is 4.76. The molecule has 0 saturated heterocycles.